The second-order valence-corrected chi connectivity index (χ2v) is 5.99. The largest absolute Gasteiger partial charge is 0.384 e. The molecule has 1 heterocycles. The molecule has 1 aliphatic rings. The molecule has 1 aromatic carbocycles. The summed E-state index contributed by atoms with van der Waals surface area (Å²) < 4.78 is 1.70. The predicted molar refractivity (Wildman–Crippen MR) is 82.9 cm³/mol. The zero-order valence-electron chi connectivity index (χ0n) is 11.7. The molecule has 0 radical (unpaired) electrons. The summed E-state index contributed by atoms with van der Waals surface area (Å²) in [6.45, 7) is 0.451. The highest BCUT2D eigenvalue weighted by Crippen LogP contribution is 2.35. The Hall–Kier alpha value is -1.65. The van der Waals surface area contributed by atoms with E-state index in [2.05, 4.69) is 16.2 Å². The number of hydrogen-bond donors (Lipinski definition) is 1. The fraction of sp³-hybridized carbons (Fsp3) is 0.375. The van der Waals surface area contributed by atoms with Crippen LogP contribution in [0, 0.1) is 0 Å². The van der Waals surface area contributed by atoms with Crippen molar-refractivity contribution in [3.05, 3.63) is 53.1 Å². The van der Waals surface area contributed by atoms with E-state index in [0.29, 0.717) is 6.54 Å². The summed E-state index contributed by atoms with van der Waals surface area (Å²) in [5, 5.41) is 15.9. The molecule has 1 aromatic heterocycles. The van der Waals surface area contributed by atoms with Crippen LogP contribution in [0.2, 0.25) is 5.02 Å². The van der Waals surface area contributed by atoms with Crippen LogP contribution in [0.5, 0.6) is 0 Å². The second kappa shape index (κ2) is 6.00. The van der Waals surface area contributed by atoms with Crippen molar-refractivity contribution in [2.45, 2.75) is 37.8 Å². The van der Waals surface area contributed by atoms with E-state index in [1.54, 1.807) is 11.0 Å². The highest BCUT2D eigenvalue weighted by atomic mass is 35.5. The summed E-state index contributed by atoms with van der Waals surface area (Å²) in [7, 11) is 0. The second-order valence-electron chi connectivity index (χ2n) is 5.55. The first-order valence-corrected chi connectivity index (χ1v) is 7.55. The van der Waals surface area contributed by atoms with Gasteiger partial charge in [0.05, 0.1) is 6.54 Å². The van der Waals surface area contributed by atoms with Crippen molar-refractivity contribution >= 4 is 17.7 Å². The number of halogens is 1. The van der Waals surface area contributed by atoms with Crippen molar-refractivity contribution in [1.29, 1.82) is 0 Å². The van der Waals surface area contributed by atoms with E-state index < -0.39 is 5.60 Å². The van der Waals surface area contributed by atoms with Crippen molar-refractivity contribution < 1.29 is 5.11 Å². The van der Waals surface area contributed by atoms with Gasteiger partial charge in [-0.1, -0.05) is 29.8 Å². The van der Waals surface area contributed by atoms with Gasteiger partial charge in [-0.2, -0.15) is 5.10 Å². The molecule has 110 valence electrons. The van der Waals surface area contributed by atoms with Gasteiger partial charge in [0, 0.05) is 5.02 Å². The summed E-state index contributed by atoms with van der Waals surface area (Å²) in [6, 6.07) is 7.68. The van der Waals surface area contributed by atoms with Gasteiger partial charge < -0.3 is 5.11 Å². The Morgan fingerprint density at radius 3 is 2.81 bits per heavy atom. The Bertz CT molecular complexity index is 621. The van der Waals surface area contributed by atoms with Crippen LogP contribution in [-0.4, -0.2) is 25.5 Å². The molecule has 5 heteroatoms. The third kappa shape index (κ3) is 3.34. The molecule has 1 atom stereocenters. The molecule has 1 unspecified atom stereocenters. The van der Waals surface area contributed by atoms with Crippen LogP contribution in [0.3, 0.4) is 0 Å². The molecule has 4 nitrogen and oxygen atoms in total. The predicted octanol–water partition coefficient (Wildman–Crippen LogP) is 3.32. The third-order valence-electron chi connectivity index (χ3n) is 3.99. The number of aromatic nitrogens is 3. The summed E-state index contributed by atoms with van der Waals surface area (Å²) >= 11 is 5.92. The highest BCUT2D eigenvalue weighted by molar-refractivity contribution is 6.30. The van der Waals surface area contributed by atoms with Crippen molar-refractivity contribution in [2.75, 3.05) is 0 Å². The van der Waals surface area contributed by atoms with E-state index in [9.17, 15) is 5.11 Å². The summed E-state index contributed by atoms with van der Waals surface area (Å²) in [6.07, 6.45) is 9.02. The van der Waals surface area contributed by atoms with Gasteiger partial charge >= 0.3 is 0 Å². The Kier molecular flexibility index (Phi) is 4.08. The van der Waals surface area contributed by atoms with Crippen LogP contribution < -0.4 is 0 Å². The van der Waals surface area contributed by atoms with Crippen LogP contribution in [-0.2, 0) is 6.54 Å². The van der Waals surface area contributed by atoms with Gasteiger partial charge in [0.2, 0.25) is 0 Å². The topological polar surface area (TPSA) is 50.9 Å². The first kappa shape index (κ1) is 14.3. The van der Waals surface area contributed by atoms with E-state index in [0.717, 1.165) is 41.8 Å². The monoisotopic (exact) mass is 303 g/mol. The lowest BCUT2D eigenvalue weighted by Crippen LogP contribution is -2.38. The van der Waals surface area contributed by atoms with Gasteiger partial charge in [-0.25, -0.2) is 9.67 Å². The molecule has 1 aliphatic carbocycles. The standard InChI is InChI=1S/C16H18ClN3O/c17-15-6-4-13(5-7-15)9-14-3-1-2-8-16(14,21)10-20-12-18-11-19-20/h4-7,9,11-12,21H,1-3,8,10H2/b14-9+. The molecule has 0 spiro atoms. The fourth-order valence-electron chi connectivity index (χ4n) is 2.86. The molecular weight excluding hydrogens is 286 g/mol. The Labute approximate surface area is 129 Å². The maximum Gasteiger partial charge on any atom is 0.137 e. The van der Waals surface area contributed by atoms with Gasteiger partial charge in [-0.3, -0.25) is 0 Å². The highest BCUT2D eigenvalue weighted by Gasteiger charge is 2.34. The van der Waals surface area contributed by atoms with E-state index in [1.807, 2.05) is 24.3 Å². The maximum atomic E-state index is 11.0. The minimum atomic E-state index is -0.842. The van der Waals surface area contributed by atoms with Crippen molar-refractivity contribution in [1.82, 2.24) is 14.8 Å². The van der Waals surface area contributed by atoms with Gasteiger partial charge in [0.25, 0.3) is 0 Å². The summed E-state index contributed by atoms with van der Waals surface area (Å²) in [4.78, 5) is 3.94. The SMILES string of the molecule is OC1(Cn2cncn2)CCCC/C1=C\c1ccc(Cl)cc1. The van der Waals surface area contributed by atoms with E-state index in [4.69, 9.17) is 11.6 Å². The van der Waals surface area contributed by atoms with Crippen LogP contribution >= 0.6 is 11.6 Å². The number of aliphatic hydroxyl groups is 1. The Morgan fingerprint density at radius 1 is 1.29 bits per heavy atom. The maximum absolute atomic E-state index is 11.0. The Balaban J connectivity index is 1.88. The average Bonchev–Trinajstić information content (AvgIpc) is 2.96. The summed E-state index contributed by atoms with van der Waals surface area (Å²) in [5.41, 5.74) is 1.28. The molecular formula is C16H18ClN3O. The van der Waals surface area contributed by atoms with Crippen LogP contribution in [0.15, 0.2) is 42.5 Å². The third-order valence-corrected chi connectivity index (χ3v) is 4.24. The number of benzene rings is 1. The lowest BCUT2D eigenvalue weighted by Gasteiger charge is -2.35. The molecule has 1 N–H and O–H groups in total. The number of rotatable bonds is 3. The van der Waals surface area contributed by atoms with Crippen molar-refractivity contribution in [2.24, 2.45) is 0 Å². The zero-order chi connectivity index (χ0) is 14.7. The van der Waals surface area contributed by atoms with Crippen LogP contribution in [0.25, 0.3) is 6.08 Å². The Morgan fingerprint density at radius 2 is 2.10 bits per heavy atom. The molecule has 2 aromatic rings. The molecule has 0 bridgehead atoms. The van der Waals surface area contributed by atoms with Crippen LogP contribution in [0.1, 0.15) is 31.2 Å². The molecule has 21 heavy (non-hydrogen) atoms. The van der Waals surface area contributed by atoms with Gasteiger partial charge in [0.1, 0.15) is 18.3 Å². The molecule has 3 rings (SSSR count). The normalized spacial score (nSPS) is 24.4. The quantitative estimate of drug-likeness (QED) is 0.946. The molecule has 1 fully saturated rings. The minimum absolute atomic E-state index is 0.451. The van der Waals surface area contributed by atoms with Gasteiger partial charge in [0.15, 0.2) is 0 Å². The van der Waals surface area contributed by atoms with E-state index in [-0.39, 0.29) is 0 Å². The fourth-order valence-corrected chi connectivity index (χ4v) is 2.98. The van der Waals surface area contributed by atoms with Gasteiger partial charge in [-0.05, 0) is 49.0 Å². The minimum Gasteiger partial charge on any atom is -0.384 e. The molecule has 1 saturated carbocycles. The lowest BCUT2D eigenvalue weighted by molar-refractivity contribution is 0.0323. The number of nitrogens with zero attached hydrogens (tertiary/aromatic N) is 3. The van der Waals surface area contributed by atoms with E-state index >= 15 is 0 Å². The van der Waals surface area contributed by atoms with E-state index in [1.165, 1.54) is 6.33 Å². The zero-order valence-corrected chi connectivity index (χ0v) is 12.5. The first-order valence-electron chi connectivity index (χ1n) is 7.17. The van der Waals surface area contributed by atoms with Gasteiger partial charge in [-0.15, -0.1) is 0 Å². The average molecular weight is 304 g/mol. The number of hydrogen-bond acceptors (Lipinski definition) is 3. The molecule has 0 aliphatic heterocycles. The smallest absolute Gasteiger partial charge is 0.137 e. The van der Waals surface area contributed by atoms with Crippen LogP contribution in [0.4, 0.5) is 0 Å². The summed E-state index contributed by atoms with van der Waals surface area (Å²) in [5.74, 6) is 0. The molecule has 0 saturated heterocycles. The molecule has 0 amide bonds. The first-order chi connectivity index (χ1) is 10.2. The lowest BCUT2D eigenvalue weighted by atomic mass is 9.79. The van der Waals surface area contributed by atoms with Crippen molar-refractivity contribution in [3.63, 3.8) is 0 Å². The van der Waals surface area contributed by atoms with Crippen molar-refractivity contribution in [3.8, 4) is 0 Å².